The molecule has 9 nitrogen and oxygen atoms in total. The Balaban J connectivity index is 2.54. The van der Waals surface area contributed by atoms with Crippen molar-refractivity contribution in [1.29, 1.82) is 0 Å². The maximum absolute atomic E-state index is 6.03. The number of aromatic amines is 1. The number of nitrogens with zero attached hydrogens (tertiary/aromatic N) is 4. The number of benzene rings is 1. The molecule has 0 aliphatic heterocycles. The molecule has 10 heteroatoms. The van der Waals surface area contributed by atoms with Gasteiger partial charge in [0.25, 0.3) is 0 Å². The minimum Gasteiger partial charge on any atom is -0.492 e. The summed E-state index contributed by atoms with van der Waals surface area (Å²) in [6, 6.07) is 10.4. The topological polar surface area (TPSA) is 113 Å². The van der Waals surface area contributed by atoms with Gasteiger partial charge in [0.2, 0.25) is 0 Å². The van der Waals surface area contributed by atoms with Gasteiger partial charge in [0.15, 0.2) is 17.4 Å². The lowest BCUT2D eigenvalue weighted by Gasteiger charge is -2.22. The Kier molecular flexibility index (Phi) is 13.4. The Morgan fingerprint density at radius 1 is 1.23 bits per heavy atom. The zero-order valence-electron chi connectivity index (χ0n) is 24.5. The van der Waals surface area contributed by atoms with Crippen LogP contribution < -0.4 is 16.0 Å². The number of nitrogens with two attached hydrogens (primary N) is 1. The average molecular weight is 554 g/mol. The summed E-state index contributed by atoms with van der Waals surface area (Å²) in [6.45, 7) is 8.82. The molecule has 4 N–H and O–H groups in total. The van der Waals surface area contributed by atoms with E-state index in [0.717, 1.165) is 59.1 Å². The van der Waals surface area contributed by atoms with Crippen LogP contribution in [0.1, 0.15) is 39.3 Å². The van der Waals surface area contributed by atoms with E-state index >= 15 is 0 Å². The van der Waals surface area contributed by atoms with Crippen molar-refractivity contribution in [1.82, 2.24) is 10.2 Å². The van der Waals surface area contributed by atoms with Crippen LogP contribution in [0.5, 0.6) is 0 Å². The zero-order valence-corrected chi connectivity index (χ0v) is 25.3. The number of H-pyrrole nitrogens is 1. The number of rotatable bonds is 14. The van der Waals surface area contributed by atoms with Crippen LogP contribution in [0.25, 0.3) is 0 Å². The molecule has 0 aliphatic carbocycles. The second kappa shape index (κ2) is 16.5. The summed E-state index contributed by atoms with van der Waals surface area (Å²) in [5.41, 5.74) is 10.6. The number of nitrogens with one attached hydrogen (secondary N) is 2. The largest absolute Gasteiger partial charge is 0.492 e. The van der Waals surface area contributed by atoms with E-state index in [1.165, 1.54) is 11.1 Å². The van der Waals surface area contributed by atoms with Crippen molar-refractivity contribution in [2.45, 2.75) is 45.4 Å². The molecule has 0 spiro atoms. The van der Waals surface area contributed by atoms with Crippen LogP contribution in [0.3, 0.4) is 0 Å². The number of allylic oxidation sites excluding steroid dienone is 2. The number of aromatic nitrogens is 2. The highest BCUT2D eigenvalue weighted by Gasteiger charge is 2.20. The smallest absolute Gasteiger partial charge is 0.176 e. The van der Waals surface area contributed by atoms with Crippen LogP contribution in [0.2, 0.25) is 0 Å². The maximum Gasteiger partial charge on any atom is 0.176 e. The predicted octanol–water partition coefficient (Wildman–Crippen LogP) is 5.90. The standard InChI is InChI=1S/C29H43N7O2S/c1-9-20(2)27(23(18-30)19-31-5)28(38-8)29(33-26-17-21(3)34-35-26)32-22(4)36(6)24-11-13-25(14-12-24)39-16-10-15-37-7/h11-14,17-19H,9-10,15-16,30H2,1-8H3,(H2,33,34,35)/b23-18+,27-20+,29-28-,31-19?,32-22+. The quantitative estimate of drug-likeness (QED) is 0.0667. The van der Waals surface area contributed by atoms with Gasteiger partial charge in [-0.15, -0.1) is 11.8 Å². The number of amidine groups is 1. The highest BCUT2D eigenvalue weighted by Crippen LogP contribution is 2.29. The van der Waals surface area contributed by atoms with Gasteiger partial charge < -0.3 is 25.4 Å². The van der Waals surface area contributed by atoms with Gasteiger partial charge in [-0.1, -0.05) is 12.5 Å². The predicted molar refractivity (Wildman–Crippen MR) is 166 cm³/mol. The summed E-state index contributed by atoms with van der Waals surface area (Å²) >= 11 is 1.82. The van der Waals surface area contributed by atoms with Crippen molar-refractivity contribution in [3.63, 3.8) is 0 Å². The fourth-order valence-electron chi connectivity index (χ4n) is 3.72. The van der Waals surface area contributed by atoms with E-state index in [-0.39, 0.29) is 0 Å². The van der Waals surface area contributed by atoms with E-state index in [4.69, 9.17) is 20.2 Å². The van der Waals surface area contributed by atoms with E-state index in [1.54, 1.807) is 27.5 Å². The monoisotopic (exact) mass is 553 g/mol. The molecule has 1 heterocycles. The van der Waals surface area contributed by atoms with Gasteiger partial charge in [-0.05, 0) is 57.9 Å². The Morgan fingerprint density at radius 3 is 2.49 bits per heavy atom. The first-order valence-corrected chi connectivity index (χ1v) is 13.9. The third kappa shape index (κ3) is 9.33. The fourth-order valence-corrected chi connectivity index (χ4v) is 4.54. The summed E-state index contributed by atoms with van der Waals surface area (Å²) in [5.74, 6) is 3.45. The van der Waals surface area contributed by atoms with E-state index in [0.29, 0.717) is 17.4 Å². The number of anilines is 2. The third-order valence-electron chi connectivity index (χ3n) is 6.04. The molecule has 0 saturated carbocycles. The molecule has 0 fully saturated rings. The van der Waals surface area contributed by atoms with Crippen molar-refractivity contribution in [3.05, 3.63) is 70.5 Å². The van der Waals surface area contributed by atoms with E-state index in [2.05, 4.69) is 58.6 Å². The lowest BCUT2D eigenvalue weighted by molar-refractivity contribution is 0.200. The number of thioether (sulfide) groups is 1. The van der Waals surface area contributed by atoms with Crippen LogP contribution in [0, 0.1) is 6.92 Å². The first-order valence-electron chi connectivity index (χ1n) is 12.9. The molecule has 1 aromatic heterocycles. The number of aryl methyl sites for hydroxylation is 1. The van der Waals surface area contributed by atoms with Gasteiger partial charge in [-0.2, -0.15) is 5.10 Å². The highest BCUT2D eigenvalue weighted by molar-refractivity contribution is 7.99. The van der Waals surface area contributed by atoms with Crippen LogP contribution in [0.4, 0.5) is 11.5 Å². The minimum absolute atomic E-state index is 0.505. The van der Waals surface area contributed by atoms with Crippen molar-refractivity contribution in [2.75, 3.05) is 50.9 Å². The van der Waals surface area contributed by atoms with Gasteiger partial charge in [0, 0.05) is 79.5 Å². The van der Waals surface area contributed by atoms with Crippen molar-refractivity contribution < 1.29 is 9.47 Å². The second-order valence-electron chi connectivity index (χ2n) is 8.87. The van der Waals surface area contributed by atoms with E-state index in [9.17, 15) is 0 Å². The molecule has 0 atom stereocenters. The van der Waals surface area contributed by atoms with Crippen LogP contribution in [0.15, 0.2) is 79.7 Å². The van der Waals surface area contributed by atoms with Gasteiger partial charge in [0.1, 0.15) is 5.84 Å². The van der Waals surface area contributed by atoms with Crippen molar-refractivity contribution >= 4 is 35.3 Å². The average Bonchev–Trinajstić information content (AvgIpc) is 3.36. The molecule has 1 aromatic carbocycles. The lowest BCUT2D eigenvalue weighted by Crippen LogP contribution is -2.24. The summed E-state index contributed by atoms with van der Waals surface area (Å²) in [4.78, 5) is 12.5. The summed E-state index contributed by atoms with van der Waals surface area (Å²) in [7, 11) is 7.07. The fraction of sp³-hybridized carbons (Fsp3) is 0.414. The molecule has 0 amide bonds. The molecule has 0 saturated heterocycles. The molecule has 0 unspecified atom stereocenters. The Bertz CT molecular complexity index is 1210. The number of hydrogen-bond donors (Lipinski definition) is 3. The molecule has 0 bridgehead atoms. The minimum atomic E-state index is 0.505. The molecular formula is C29H43N7O2S. The van der Waals surface area contributed by atoms with E-state index in [1.807, 2.05) is 43.6 Å². The third-order valence-corrected chi connectivity index (χ3v) is 7.14. The van der Waals surface area contributed by atoms with Crippen molar-refractivity contribution in [3.8, 4) is 0 Å². The van der Waals surface area contributed by atoms with Crippen LogP contribution >= 0.6 is 11.8 Å². The SMILES string of the molecule is CC/C(C)=C(C(\C=NC)=C\N)/C(OC)=C(\N=C(/C)N(C)c1ccc(SCCCOC)cc1)Nc1cc(C)[nH]n1. The number of ether oxygens (including phenoxy) is 2. The molecule has 2 rings (SSSR count). The second-order valence-corrected chi connectivity index (χ2v) is 10.0. The molecule has 212 valence electrons. The number of aliphatic imine (C=N–C) groups is 2. The van der Waals surface area contributed by atoms with E-state index < -0.39 is 0 Å². The molecule has 0 radical (unpaired) electrons. The van der Waals surface area contributed by atoms with Gasteiger partial charge in [-0.3, -0.25) is 10.1 Å². The number of methoxy groups -OCH3 is 2. The van der Waals surface area contributed by atoms with Gasteiger partial charge >= 0.3 is 0 Å². The first-order chi connectivity index (χ1) is 18.8. The summed E-state index contributed by atoms with van der Waals surface area (Å²) < 4.78 is 11.1. The number of hydrogen-bond acceptors (Lipinski definition) is 8. The van der Waals surface area contributed by atoms with Gasteiger partial charge in [0.05, 0.1) is 7.11 Å². The lowest BCUT2D eigenvalue weighted by atomic mass is 9.98. The highest BCUT2D eigenvalue weighted by atomic mass is 32.2. The van der Waals surface area contributed by atoms with Crippen LogP contribution in [-0.4, -0.2) is 62.9 Å². The Labute approximate surface area is 237 Å². The Morgan fingerprint density at radius 2 is 1.95 bits per heavy atom. The molecule has 39 heavy (non-hydrogen) atoms. The van der Waals surface area contributed by atoms with Crippen molar-refractivity contribution in [2.24, 2.45) is 15.7 Å². The first kappa shape index (κ1) is 31.7. The zero-order chi connectivity index (χ0) is 28.8. The Hall–Kier alpha value is -3.50. The summed E-state index contributed by atoms with van der Waals surface area (Å²) in [6.07, 6.45) is 5.08. The normalized spacial score (nSPS) is 13.8. The molecular weight excluding hydrogens is 510 g/mol. The van der Waals surface area contributed by atoms with Crippen LogP contribution in [-0.2, 0) is 9.47 Å². The maximum atomic E-state index is 6.03. The molecule has 0 aliphatic rings. The van der Waals surface area contributed by atoms with Gasteiger partial charge in [-0.25, -0.2) is 4.99 Å². The summed E-state index contributed by atoms with van der Waals surface area (Å²) in [5, 5.41) is 10.7. The molecule has 2 aromatic rings.